The van der Waals surface area contributed by atoms with Gasteiger partial charge in [-0.25, -0.2) is 14.4 Å². The number of amides is 2. The number of hydrogen-bond donors (Lipinski definition) is 4. The molecule has 0 saturated heterocycles. The summed E-state index contributed by atoms with van der Waals surface area (Å²) in [5.41, 5.74) is 15.6. The molecule has 1 aliphatic rings. The summed E-state index contributed by atoms with van der Waals surface area (Å²) < 4.78 is 16.2. The number of thiophene rings is 3. The highest BCUT2D eigenvalue weighted by molar-refractivity contribution is 7.14. The third kappa shape index (κ3) is 17.0. The molecule has 0 unspecified atom stereocenters. The first-order valence-corrected chi connectivity index (χ1v) is 28.6. The second-order valence-electron chi connectivity index (χ2n) is 18.1. The molecule has 0 spiro atoms. The Morgan fingerprint density at radius 2 is 1.23 bits per heavy atom. The highest BCUT2D eigenvalue weighted by atomic mass is 35.5. The molecule has 0 aliphatic heterocycles. The predicted octanol–water partition coefficient (Wildman–Crippen LogP) is 12.6. The molecule has 0 atom stereocenters. The second-order valence-corrected chi connectivity index (χ2v) is 21.3. The van der Waals surface area contributed by atoms with Crippen molar-refractivity contribution in [1.29, 1.82) is 0 Å². The van der Waals surface area contributed by atoms with Gasteiger partial charge in [0.2, 0.25) is 5.91 Å². The first kappa shape index (κ1) is 61.5. The van der Waals surface area contributed by atoms with Crippen molar-refractivity contribution in [2.45, 2.75) is 38.9 Å². The first-order chi connectivity index (χ1) is 39.9. The van der Waals surface area contributed by atoms with E-state index in [1.807, 2.05) is 89.8 Å². The standard InChI is InChI=1S/C25H21N3O2S.C14H12ClNO2S.C14H13NO3S.C10H10N2O.H3N/c1-30-25(29)19-10-8-17(9-11-19)16-28-23(26-27-24(28)22-7-4-14-31-22)15-20-13-12-18-5-2-3-6-21(18)20;1-18-14(17)11-6-4-10(5-7-11)9-16-13(15)12-3-2-8-19-12;1-18-14(17)11-6-4-10(5-7-11)9-15-13(16)12-3-2-8-19-12;11-10(13)5-7-6-12-9-4-2-1-3-8(7)9;/h2-11,13-14H,12,15-16H2,1H3;2-8H,9H2,1H3;2-8H,9H2,1H3,(H,15,16);1-4,6,12H,5H2,(H2,11,13);1H3. The van der Waals surface area contributed by atoms with Crippen LogP contribution in [0.1, 0.15) is 84.8 Å². The lowest BCUT2D eigenvalue weighted by Gasteiger charge is -2.12. The lowest BCUT2D eigenvalue weighted by Crippen LogP contribution is -2.21. The molecule has 5 aromatic heterocycles. The van der Waals surface area contributed by atoms with Crippen molar-refractivity contribution >= 4 is 97.0 Å². The van der Waals surface area contributed by atoms with Gasteiger partial charge < -0.3 is 41.0 Å². The van der Waals surface area contributed by atoms with Gasteiger partial charge in [0.25, 0.3) is 5.91 Å². The number of hydrogen-bond acceptors (Lipinski definition) is 15. The molecule has 16 nitrogen and oxygen atoms in total. The predicted molar refractivity (Wildman–Crippen MR) is 330 cm³/mol. The van der Waals surface area contributed by atoms with E-state index in [2.05, 4.69) is 81.3 Å². The van der Waals surface area contributed by atoms with Crippen molar-refractivity contribution in [2.24, 2.45) is 10.7 Å². The van der Waals surface area contributed by atoms with E-state index >= 15 is 0 Å². The number of carbonyl (C=O) groups excluding carboxylic acids is 5. The first-order valence-electron chi connectivity index (χ1n) is 25.5. The number of ether oxygens (including phenoxy) is 3. The average molecular weight is 1190 g/mol. The Morgan fingerprint density at radius 3 is 1.82 bits per heavy atom. The van der Waals surface area contributed by atoms with Crippen LogP contribution < -0.4 is 17.2 Å². The number of fused-ring (bicyclic) bond motifs is 2. The van der Waals surface area contributed by atoms with Crippen molar-refractivity contribution in [2.75, 3.05) is 21.3 Å². The molecule has 0 saturated carbocycles. The molecule has 0 fully saturated rings. The lowest BCUT2D eigenvalue weighted by molar-refractivity contribution is -0.117. The zero-order valence-corrected chi connectivity index (χ0v) is 48.8. The van der Waals surface area contributed by atoms with E-state index in [4.69, 9.17) is 22.1 Å². The van der Waals surface area contributed by atoms with Crippen LogP contribution in [0.4, 0.5) is 0 Å². The number of para-hydroxylation sites is 1. The Hall–Kier alpha value is -9.11. The highest BCUT2D eigenvalue weighted by Gasteiger charge is 2.21. The molecule has 5 heterocycles. The Kier molecular flexibility index (Phi) is 22.7. The summed E-state index contributed by atoms with van der Waals surface area (Å²) in [6.07, 6.45) is 6.11. The summed E-state index contributed by atoms with van der Waals surface area (Å²) in [4.78, 5) is 66.8. The van der Waals surface area contributed by atoms with E-state index in [1.54, 1.807) is 77.3 Å². The highest BCUT2D eigenvalue weighted by Crippen LogP contribution is 2.32. The average Bonchev–Trinajstić information content (AvgIpc) is 4.55. The summed E-state index contributed by atoms with van der Waals surface area (Å²) in [6.45, 7) is 1.54. The normalized spacial score (nSPS) is 11.2. The summed E-state index contributed by atoms with van der Waals surface area (Å²) in [5.74, 6) is 0.373. The Labute approximate surface area is 496 Å². The zero-order chi connectivity index (χ0) is 57.8. The molecule has 7 N–H and O–H groups in total. The minimum Gasteiger partial charge on any atom is -0.465 e. The van der Waals surface area contributed by atoms with Gasteiger partial charge in [-0.3, -0.25) is 14.6 Å². The van der Waals surface area contributed by atoms with E-state index in [1.165, 1.54) is 49.4 Å². The minimum absolute atomic E-state index is 0. The number of benzene rings is 5. The lowest BCUT2D eigenvalue weighted by atomic mass is 10.0. The zero-order valence-electron chi connectivity index (χ0n) is 45.6. The molecule has 10 aromatic rings. The molecule has 20 heteroatoms. The topological polar surface area (TPSA) is 245 Å². The SMILES string of the molecule is COC(=O)c1ccc(CN=C(Cl)c2cccs2)cc1.COC(=O)c1ccc(CNC(=O)c2cccs2)cc1.COC(=O)c1ccc(Cn2c(CC3=CCc4ccccc43)nnc2-c2cccs2)cc1.N.NC(=O)Cc1c[nH]c2ccccc12. The summed E-state index contributed by atoms with van der Waals surface area (Å²) in [7, 11) is 4.10. The van der Waals surface area contributed by atoms with Crippen molar-refractivity contribution in [1.82, 2.24) is 31.2 Å². The maximum Gasteiger partial charge on any atom is 0.337 e. The molecule has 11 rings (SSSR count). The molecular weight excluding hydrogens is 1130 g/mol. The van der Waals surface area contributed by atoms with Crippen LogP contribution in [0.2, 0.25) is 0 Å². The van der Waals surface area contributed by atoms with Crippen LogP contribution in [-0.2, 0) is 57.9 Å². The molecule has 5 aromatic carbocycles. The molecule has 0 radical (unpaired) electrons. The summed E-state index contributed by atoms with van der Waals surface area (Å²) >= 11 is 10.7. The van der Waals surface area contributed by atoms with E-state index in [9.17, 15) is 24.0 Å². The fourth-order valence-corrected chi connectivity index (χ4v) is 10.7. The van der Waals surface area contributed by atoms with Gasteiger partial charge in [-0.05, 0) is 122 Å². The number of esters is 3. The molecule has 2 amide bonds. The number of aromatic amines is 1. The maximum atomic E-state index is 11.7. The molecule has 424 valence electrons. The number of primary amides is 1. The van der Waals surface area contributed by atoms with Crippen molar-refractivity contribution in [3.05, 3.63) is 252 Å². The number of nitrogens with two attached hydrogens (primary N) is 1. The smallest absolute Gasteiger partial charge is 0.337 e. The van der Waals surface area contributed by atoms with E-state index < -0.39 is 0 Å². The fourth-order valence-electron chi connectivity index (χ4n) is 8.48. The fraction of sp³-hybridized carbons (Fsp3) is 0.143. The second kappa shape index (κ2) is 30.6. The quantitative estimate of drug-likeness (QED) is 0.0402. The van der Waals surface area contributed by atoms with Gasteiger partial charge in [0.15, 0.2) is 5.82 Å². The number of aromatic nitrogens is 4. The molecular formula is C63H59ClN8O8S3. The van der Waals surface area contributed by atoms with Crippen molar-refractivity contribution in [3.8, 4) is 10.7 Å². The van der Waals surface area contributed by atoms with Gasteiger partial charge in [-0.2, -0.15) is 0 Å². The maximum absolute atomic E-state index is 11.7. The minimum atomic E-state index is -0.367. The number of halogens is 1. The van der Waals surface area contributed by atoms with Crippen molar-refractivity contribution < 1.29 is 38.2 Å². The Balaban J connectivity index is 0.000000167. The largest absolute Gasteiger partial charge is 0.465 e. The Bertz CT molecular complexity index is 3800. The van der Waals surface area contributed by atoms with Crippen LogP contribution in [0.5, 0.6) is 0 Å². The van der Waals surface area contributed by atoms with Crippen LogP contribution in [-0.4, -0.2) is 76.0 Å². The van der Waals surface area contributed by atoms with Gasteiger partial charge in [0.1, 0.15) is 11.0 Å². The van der Waals surface area contributed by atoms with Gasteiger partial charge >= 0.3 is 17.9 Å². The van der Waals surface area contributed by atoms with E-state index in [-0.39, 0.29) is 35.9 Å². The monoisotopic (exact) mass is 1190 g/mol. The van der Waals surface area contributed by atoms with Crippen LogP contribution in [0.25, 0.3) is 27.2 Å². The van der Waals surface area contributed by atoms with E-state index in [0.717, 1.165) is 67.4 Å². The molecule has 1 aliphatic carbocycles. The van der Waals surface area contributed by atoms with Gasteiger partial charge in [0.05, 0.1) is 72.2 Å². The van der Waals surface area contributed by atoms with Crippen LogP contribution >= 0.6 is 45.6 Å². The number of methoxy groups -OCH3 is 3. The van der Waals surface area contributed by atoms with E-state index in [0.29, 0.717) is 52.8 Å². The molecule has 0 bridgehead atoms. The molecule has 83 heavy (non-hydrogen) atoms. The summed E-state index contributed by atoms with van der Waals surface area (Å²) in [5, 5.41) is 19.4. The third-order valence-corrected chi connectivity index (χ3v) is 15.7. The number of H-pyrrole nitrogens is 1. The Morgan fingerprint density at radius 1 is 0.663 bits per heavy atom. The number of allylic oxidation sites excluding steroid dienone is 2. The van der Waals surface area contributed by atoms with Gasteiger partial charge in [-0.15, -0.1) is 44.2 Å². The number of carbonyl (C=O) groups is 5. The number of rotatable bonds is 16. The van der Waals surface area contributed by atoms with Gasteiger partial charge in [-0.1, -0.05) is 115 Å². The van der Waals surface area contributed by atoms with Crippen LogP contribution in [0, 0.1) is 0 Å². The van der Waals surface area contributed by atoms with Gasteiger partial charge in [0, 0.05) is 30.1 Å². The number of nitrogens with zero attached hydrogens (tertiary/aromatic N) is 4. The summed E-state index contributed by atoms with van der Waals surface area (Å²) in [6, 6.07) is 49.5. The number of nitrogens with one attached hydrogen (secondary N) is 2. The van der Waals surface area contributed by atoms with Crippen LogP contribution in [0.3, 0.4) is 0 Å². The van der Waals surface area contributed by atoms with Crippen LogP contribution in [0.15, 0.2) is 191 Å². The third-order valence-electron chi connectivity index (χ3n) is 12.7. The number of aliphatic imine (C=N–C) groups is 1. The van der Waals surface area contributed by atoms with Crippen molar-refractivity contribution in [3.63, 3.8) is 0 Å².